The molecule has 0 aliphatic heterocycles. The molecule has 1 heterocycles. The summed E-state index contributed by atoms with van der Waals surface area (Å²) >= 11 is 6.36. The third-order valence-electron chi connectivity index (χ3n) is 3.57. The van der Waals surface area contributed by atoms with Crippen LogP contribution >= 0.6 is 11.6 Å². The molecule has 0 aliphatic rings. The zero-order valence-corrected chi connectivity index (χ0v) is 13.8. The minimum absolute atomic E-state index is 0.330. The summed E-state index contributed by atoms with van der Waals surface area (Å²) in [6.07, 6.45) is 0. The van der Waals surface area contributed by atoms with Gasteiger partial charge in [-0.1, -0.05) is 43.1 Å². The smallest absolute Gasteiger partial charge is 0.161 e. The van der Waals surface area contributed by atoms with Crippen LogP contribution in [0.2, 0.25) is 5.15 Å². The van der Waals surface area contributed by atoms with E-state index in [2.05, 4.69) is 56.7 Å². The maximum Gasteiger partial charge on any atom is 0.161 e. The number of rotatable bonds is 2. The van der Waals surface area contributed by atoms with Crippen molar-refractivity contribution in [3.05, 3.63) is 45.2 Å². The Hall–Kier alpha value is -1.41. The fourth-order valence-electron chi connectivity index (χ4n) is 2.85. The Morgan fingerprint density at radius 1 is 0.950 bits per heavy atom. The molecule has 20 heavy (non-hydrogen) atoms. The van der Waals surface area contributed by atoms with E-state index in [1.54, 1.807) is 0 Å². The lowest BCUT2D eigenvalue weighted by atomic mass is 9.98. The molecule has 0 radical (unpaired) electrons. The lowest BCUT2D eigenvalue weighted by Gasteiger charge is -2.15. The molecule has 0 amide bonds. The minimum atomic E-state index is 0.330. The number of hydrogen-bond acceptors (Lipinski definition) is 2. The highest BCUT2D eigenvalue weighted by Crippen LogP contribution is 2.31. The molecule has 0 fully saturated rings. The van der Waals surface area contributed by atoms with Gasteiger partial charge in [0, 0.05) is 16.8 Å². The van der Waals surface area contributed by atoms with Crippen molar-refractivity contribution in [1.82, 2.24) is 9.97 Å². The summed E-state index contributed by atoms with van der Waals surface area (Å²) in [5.74, 6) is 1.06. The highest BCUT2D eigenvalue weighted by Gasteiger charge is 2.16. The Morgan fingerprint density at radius 3 is 1.95 bits per heavy atom. The molecule has 0 saturated carbocycles. The molecule has 2 aromatic rings. The van der Waals surface area contributed by atoms with Crippen LogP contribution in [0.4, 0.5) is 0 Å². The van der Waals surface area contributed by atoms with Gasteiger partial charge in [0.2, 0.25) is 0 Å². The molecule has 0 spiro atoms. The van der Waals surface area contributed by atoms with E-state index in [0.29, 0.717) is 11.1 Å². The predicted molar refractivity (Wildman–Crippen MR) is 85.5 cm³/mol. The van der Waals surface area contributed by atoms with E-state index in [4.69, 9.17) is 11.6 Å². The summed E-state index contributed by atoms with van der Waals surface area (Å²) in [6, 6.07) is 4.32. The van der Waals surface area contributed by atoms with Crippen LogP contribution in [0.5, 0.6) is 0 Å². The predicted octanol–water partition coefficient (Wildman–Crippen LogP) is 5.15. The highest BCUT2D eigenvalue weighted by molar-refractivity contribution is 6.30. The van der Waals surface area contributed by atoms with E-state index in [-0.39, 0.29) is 0 Å². The van der Waals surface area contributed by atoms with Gasteiger partial charge in [0.05, 0.1) is 0 Å². The molecule has 106 valence electrons. The molecule has 0 N–H and O–H groups in total. The van der Waals surface area contributed by atoms with E-state index in [0.717, 1.165) is 22.6 Å². The van der Waals surface area contributed by atoms with Crippen LogP contribution in [0.25, 0.3) is 11.4 Å². The number of nitrogens with zero attached hydrogens (tertiary/aromatic N) is 2. The van der Waals surface area contributed by atoms with Gasteiger partial charge in [-0.15, -0.1) is 0 Å². The molecular weight excluding hydrogens is 268 g/mol. The fourth-order valence-corrected chi connectivity index (χ4v) is 3.28. The molecule has 0 aliphatic carbocycles. The lowest BCUT2D eigenvalue weighted by molar-refractivity contribution is 0.831. The Bertz CT molecular complexity index is 614. The average Bonchev–Trinajstić information content (AvgIpc) is 2.25. The molecule has 2 nitrogen and oxygen atoms in total. The third-order valence-corrected chi connectivity index (χ3v) is 3.86. The van der Waals surface area contributed by atoms with Crippen molar-refractivity contribution >= 4 is 11.6 Å². The van der Waals surface area contributed by atoms with Gasteiger partial charge in [-0.05, 0) is 44.7 Å². The van der Waals surface area contributed by atoms with Crippen LogP contribution in [0.1, 0.15) is 47.7 Å². The van der Waals surface area contributed by atoms with Crippen molar-refractivity contribution in [1.29, 1.82) is 0 Å². The Morgan fingerprint density at radius 2 is 1.50 bits per heavy atom. The molecule has 0 unspecified atom stereocenters. The largest absolute Gasteiger partial charge is 0.233 e. The lowest BCUT2D eigenvalue weighted by Crippen LogP contribution is -2.03. The van der Waals surface area contributed by atoms with E-state index in [9.17, 15) is 0 Å². The molecule has 0 saturated heterocycles. The van der Waals surface area contributed by atoms with Crippen molar-refractivity contribution in [3.8, 4) is 11.4 Å². The summed E-state index contributed by atoms with van der Waals surface area (Å²) in [4.78, 5) is 9.21. The summed E-state index contributed by atoms with van der Waals surface area (Å²) in [5.41, 5.74) is 6.74. The van der Waals surface area contributed by atoms with Gasteiger partial charge in [0.1, 0.15) is 5.15 Å². The summed E-state index contributed by atoms with van der Waals surface area (Å²) in [7, 11) is 0. The Balaban J connectivity index is 2.66. The first-order chi connectivity index (χ1) is 9.31. The van der Waals surface area contributed by atoms with Crippen LogP contribution in [-0.4, -0.2) is 9.97 Å². The molecule has 0 bridgehead atoms. The van der Waals surface area contributed by atoms with Crippen LogP contribution in [-0.2, 0) is 0 Å². The van der Waals surface area contributed by atoms with Crippen molar-refractivity contribution in [2.24, 2.45) is 0 Å². The molecule has 3 heteroatoms. The first-order valence-corrected chi connectivity index (χ1v) is 7.31. The van der Waals surface area contributed by atoms with E-state index < -0.39 is 0 Å². The normalized spacial score (nSPS) is 11.2. The molecule has 2 rings (SSSR count). The SMILES string of the molecule is Cc1cc(C)c(-c2nc(C)c(C(C)C)c(Cl)n2)c(C)c1. The van der Waals surface area contributed by atoms with E-state index in [1.165, 1.54) is 16.7 Å². The first-order valence-electron chi connectivity index (χ1n) is 6.93. The van der Waals surface area contributed by atoms with Crippen molar-refractivity contribution < 1.29 is 0 Å². The maximum atomic E-state index is 6.36. The van der Waals surface area contributed by atoms with Gasteiger partial charge in [-0.3, -0.25) is 0 Å². The maximum absolute atomic E-state index is 6.36. The number of halogens is 1. The summed E-state index contributed by atoms with van der Waals surface area (Å²) in [6.45, 7) is 12.5. The van der Waals surface area contributed by atoms with Gasteiger partial charge in [0.25, 0.3) is 0 Å². The van der Waals surface area contributed by atoms with Crippen molar-refractivity contribution in [2.45, 2.75) is 47.5 Å². The van der Waals surface area contributed by atoms with Crippen LogP contribution in [0, 0.1) is 27.7 Å². The van der Waals surface area contributed by atoms with Gasteiger partial charge in [0.15, 0.2) is 5.82 Å². The number of aromatic nitrogens is 2. The second kappa shape index (κ2) is 5.53. The average molecular weight is 289 g/mol. The summed E-state index contributed by atoms with van der Waals surface area (Å²) < 4.78 is 0. The van der Waals surface area contributed by atoms with Crippen molar-refractivity contribution in [3.63, 3.8) is 0 Å². The number of hydrogen-bond donors (Lipinski definition) is 0. The Kier molecular flexibility index (Phi) is 4.14. The van der Waals surface area contributed by atoms with Gasteiger partial charge < -0.3 is 0 Å². The number of benzene rings is 1. The monoisotopic (exact) mass is 288 g/mol. The second-order valence-corrected chi connectivity index (χ2v) is 6.12. The summed E-state index contributed by atoms with van der Waals surface area (Å²) in [5, 5.41) is 0.571. The minimum Gasteiger partial charge on any atom is -0.233 e. The van der Waals surface area contributed by atoms with Gasteiger partial charge in [-0.25, -0.2) is 9.97 Å². The van der Waals surface area contributed by atoms with E-state index in [1.807, 2.05) is 6.92 Å². The van der Waals surface area contributed by atoms with Crippen LogP contribution < -0.4 is 0 Å². The number of aryl methyl sites for hydroxylation is 4. The Labute approximate surface area is 126 Å². The van der Waals surface area contributed by atoms with Crippen molar-refractivity contribution in [2.75, 3.05) is 0 Å². The zero-order chi connectivity index (χ0) is 15.0. The first kappa shape index (κ1) is 15.0. The second-order valence-electron chi connectivity index (χ2n) is 5.77. The molecule has 0 atom stereocenters. The van der Waals surface area contributed by atoms with Crippen LogP contribution in [0.3, 0.4) is 0 Å². The third kappa shape index (κ3) is 2.71. The molecular formula is C17H21ClN2. The van der Waals surface area contributed by atoms with Gasteiger partial charge in [-0.2, -0.15) is 0 Å². The molecule has 1 aromatic carbocycles. The topological polar surface area (TPSA) is 25.8 Å². The standard InChI is InChI=1S/C17H21ClN2/c1-9(2)14-13(6)19-17(20-16(14)18)15-11(4)7-10(3)8-12(15)5/h7-9H,1-6H3. The van der Waals surface area contributed by atoms with Crippen LogP contribution in [0.15, 0.2) is 12.1 Å². The zero-order valence-electron chi connectivity index (χ0n) is 13.0. The highest BCUT2D eigenvalue weighted by atomic mass is 35.5. The quantitative estimate of drug-likeness (QED) is 0.714. The van der Waals surface area contributed by atoms with E-state index >= 15 is 0 Å². The van der Waals surface area contributed by atoms with Gasteiger partial charge >= 0.3 is 0 Å². The fraction of sp³-hybridized carbons (Fsp3) is 0.412. The molecule has 1 aromatic heterocycles.